The number of amides is 2. The third-order valence-electron chi connectivity index (χ3n) is 4.91. The minimum Gasteiger partial charge on any atom is -0.363 e. The molecule has 1 N–H and O–H groups in total. The standard InChI is InChI=1S/C16H20F3N5O4S/c1-23-9-12(14(21-23)15(18)19)29(26,27)11(8-17)10-2-5-24(6-3-10)16(25)20-13-4-7-28-22-13/h4,7,9-11,15H,2-3,5-6,8H2,1H3,(H,20,22,25)/t11-/m0/s1. The topological polar surface area (TPSA) is 110 Å². The highest BCUT2D eigenvalue weighted by Crippen LogP contribution is 2.33. The van der Waals surface area contributed by atoms with E-state index in [4.69, 9.17) is 0 Å². The Balaban J connectivity index is 1.70. The number of anilines is 1. The predicted octanol–water partition coefficient (Wildman–Crippen LogP) is 2.40. The Hall–Kier alpha value is -2.57. The van der Waals surface area contributed by atoms with E-state index in [1.54, 1.807) is 0 Å². The van der Waals surface area contributed by atoms with Crippen LogP contribution in [0.1, 0.15) is 25.0 Å². The van der Waals surface area contributed by atoms with Crippen LogP contribution >= 0.6 is 0 Å². The van der Waals surface area contributed by atoms with E-state index in [0.29, 0.717) is 0 Å². The third-order valence-corrected chi connectivity index (χ3v) is 7.15. The molecule has 1 aliphatic rings. The maximum atomic E-state index is 13.8. The largest absolute Gasteiger partial charge is 0.363 e. The number of piperidine rings is 1. The van der Waals surface area contributed by atoms with Gasteiger partial charge < -0.3 is 9.42 Å². The number of rotatable bonds is 6. The normalized spacial score (nSPS) is 16.9. The lowest BCUT2D eigenvalue weighted by molar-refractivity contribution is 0.141. The SMILES string of the molecule is Cn1cc(S(=O)(=O)[C@@H](CF)C2CCN(C(=O)Nc3ccon3)CC2)c(C(F)F)n1. The van der Waals surface area contributed by atoms with Gasteiger partial charge in [-0.15, -0.1) is 0 Å². The lowest BCUT2D eigenvalue weighted by atomic mass is 9.94. The monoisotopic (exact) mass is 435 g/mol. The predicted molar refractivity (Wildman–Crippen MR) is 94.9 cm³/mol. The molecule has 0 aromatic carbocycles. The number of urea groups is 1. The van der Waals surface area contributed by atoms with Crippen molar-refractivity contribution in [3.63, 3.8) is 0 Å². The number of aromatic nitrogens is 3. The highest BCUT2D eigenvalue weighted by atomic mass is 32.2. The number of alkyl halides is 3. The number of halogens is 3. The van der Waals surface area contributed by atoms with Crippen molar-refractivity contribution in [2.75, 3.05) is 25.1 Å². The van der Waals surface area contributed by atoms with E-state index >= 15 is 0 Å². The van der Waals surface area contributed by atoms with Crippen LogP contribution in [-0.4, -0.2) is 59.3 Å². The summed E-state index contributed by atoms with van der Waals surface area (Å²) >= 11 is 0. The van der Waals surface area contributed by atoms with E-state index in [1.165, 1.54) is 24.3 Å². The first kappa shape index (κ1) is 21.1. The molecule has 0 aliphatic carbocycles. The zero-order chi connectivity index (χ0) is 21.2. The quantitative estimate of drug-likeness (QED) is 0.746. The number of nitrogens with one attached hydrogen (secondary N) is 1. The highest BCUT2D eigenvalue weighted by Gasteiger charge is 2.40. The van der Waals surface area contributed by atoms with Gasteiger partial charge in [0.25, 0.3) is 6.43 Å². The van der Waals surface area contributed by atoms with Crippen LogP contribution in [0.4, 0.5) is 23.8 Å². The molecular formula is C16H20F3N5O4S. The van der Waals surface area contributed by atoms with Gasteiger partial charge in [0.1, 0.15) is 23.5 Å². The number of carbonyl (C=O) groups excluding carboxylic acids is 1. The third kappa shape index (κ3) is 4.38. The Kier molecular flexibility index (Phi) is 6.15. The first-order chi connectivity index (χ1) is 13.7. The molecule has 0 radical (unpaired) electrons. The molecule has 160 valence electrons. The number of likely N-dealkylation sites (tertiary alicyclic amines) is 1. The van der Waals surface area contributed by atoms with Crippen LogP contribution in [0.3, 0.4) is 0 Å². The fourth-order valence-corrected chi connectivity index (χ4v) is 5.41. The Morgan fingerprint density at radius 2 is 2.07 bits per heavy atom. The summed E-state index contributed by atoms with van der Waals surface area (Å²) in [6, 6.07) is 1.02. The average Bonchev–Trinajstić information content (AvgIpc) is 3.32. The molecule has 13 heteroatoms. The van der Waals surface area contributed by atoms with Gasteiger partial charge in [-0.3, -0.25) is 10.00 Å². The zero-order valence-corrected chi connectivity index (χ0v) is 16.3. The van der Waals surface area contributed by atoms with Crippen molar-refractivity contribution in [1.82, 2.24) is 19.8 Å². The molecule has 2 amide bonds. The minimum absolute atomic E-state index is 0.190. The Morgan fingerprint density at radius 3 is 2.62 bits per heavy atom. The van der Waals surface area contributed by atoms with Crippen LogP contribution in [0.25, 0.3) is 0 Å². The molecule has 1 fully saturated rings. The van der Waals surface area contributed by atoms with Crippen LogP contribution in [0.5, 0.6) is 0 Å². The molecule has 0 saturated carbocycles. The summed E-state index contributed by atoms with van der Waals surface area (Å²) in [4.78, 5) is 13.0. The summed E-state index contributed by atoms with van der Waals surface area (Å²) in [6.45, 7) is -0.833. The van der Waals surface area contributed by atoms with Gasteiger partial charge in [0.15, 0.2) is 15.7 Å². The summed E-state index contributed by atoms with van der Waals surface area (Å²) in [5.41, 5.74) is -0.879. The molecule has 0 spiro atoms. The van der Waals surface area contributed by atoms with E-state index in [1.807, 2.05) is 0 Å². The Morgan fingerprint density at radius 1 is 1.38 bits per heavy atom. The van der Waals surface area contributed by atoms with Gasteiger partial charge in [0, 0.05) is 32.4 Å². The fourth-order valence-electron chi connectivity index (χ4n) is 3.42. The van der Waals surface area contributed by atoms with E-state index in [0.717, 1.165) is 10.9 Å². The fraction of sp³-hybridized carbons (Fsp3) is 0.562. The van der Waals surface area contributed by atoms with Crippen LogP contribution in [0.2, 0.25) is 0 Å². The lowest BCUT2D eigenvalue weighted by Gasteiger charge is -2.34. The van der Waals surface area contributed by atoms with Gasteiger partial charge in [-0.2, -0.15) is 5.10 Å². The number of aryl methyl sites for hydroxylation is 1. The minimum atomic E-state index is -4.36. The average molecular weight is 435 g/mol. The van der Waals surface area contributed by atoms with Crippen molar-refractivity contribution in [2.24, 2.45) is 13.0 Å². The molecule has 0 bridgehead atoms. The van der Waals surface area contributed by atoms with Crippen molar-refractivity contribution in [2.45, 2.75) is 29.4 Å². The molecule has 2 aromatic heterocycles. The van der Waals surface area contributed by atoms with Gasteiger partial charge in [-0.1, -0.05) is 5.16 Å². The molecular weight excluding hydrogens is 415 g/mol. The summed E-state index contributed by atoms with van der Waals surface area (Å²) < 4.78 is 71.5. The first-order valence-electron chi connectivity index (χ1n) is 8.82. The van der Waals surface area contributed by atoms with Gasteiger partial charge in [0.2, 0.25) is 0 Å². The number of nitrogens with zero attached hydrogens (tertiary/aromatic N) is 4. The van der Waals surface area contributed by atoms with Crippen LogP contribution in [0.15, 0.2) is 27.9 Å². The number of hydrogen-bond donors (Lipinski definition) is 1. The summed E-state index contributed by atoms with van der Waals surface area (Å²) in [5.74, 6) is -0.385. The van der Waals surface area contributed by atoms with Crippen molar-refractivity contribution < 1.29 is 30.9 Å². The zero-order valence-electron chi connectivity index (χ0n) is 15.5. The van der Waals surface area contributed by atoms with E-state index in [9.17, 15) is 26.4 Å². The molecule has 0 unspecified atom stereocenters. The maximum absolute atomic E-state index is 13.8. The molecule has 3 heterocycles. The highest BCUT2D eigenvalue weighted by molar-refractivity contribution is 7.92. The van der Waals surface area contributed by atoms with Crippen LogP contribution < -0.4 is 5.32 Å². The summed E-state index contributed by atoms with van der Waals surface area (Å²) in [5, 5.41) is 8.11. The second-order valence-electron chi connectivity index (χ2n) is 6.73. The van der Waals surface area contributed by atoms with Gasteiger partial charge in [-0.25, -0.2) is 26.4 Å². The van der Waals surface area contributed by atoms with E-state index < -0.39 is 50.7 Å². The van der Waals surface area contributed by atoms with E-state index in [2.05, 4.69) is 20.1 Å². The second-order valence-corrected chi connectivity index (χ2v) is 8.87. The van der Waals surface area contributed by atoms with Crippen LogP contribution in [-0.2, 0) is 16.9 Å². The number of sulfone groups is 1. The Labute approximate surface area is 164 Å². The van der Waals surface area contributed by atoms with Crippen molar-refractivity contribution in [3.05, 3.63) is 24.2 Å². The second kappa shape index (κ2) is 8.43. The van der Waals surface area contributed by atoms with Crippen molar-refractivity contribution in [3.8, 4) is 0 Å². The summed E-state index contributed by atoms with van der Waals surface area (Å²) in [7, 11) is -3.04. The number of carbonyl (C=O) groups is 1. The molecule has 2 aromatic rings. The molecule has 1 aliphatic heterocycles. The van der Waals surface area contributed by atoms with E-state index in [-0.39, 0.29) is 31.7 Å². The molecule has 29 heavy (non-hydrogen) atoms. The Bertz CT molecular complexity index is 940. The van der Waals surface area contributed by atoms with Gasteiger partial charge in [-0.05, 0) is 18.8 Å². The molecule has 1 atom stereocenters. The van der Waals surface area contributed by atoms with Crippen molar-refractivity contribution >= 4 is 21.7 Å². The van der Waals surface area contributed by atoms with Crippen LogP contribution in [0, 0.1) is 5.92 Å². The van der Waals surface area contributed by atoms with Gasteiger partial charge >= 0.3 is 6.03 Å². The molecule has 1 saturated heterocycles. The smallest absolute Gasteiger partial charge is 0.323 e. The number of hydrogen-bond acceptors (Lipinski definition) is 6. The van der Waals surface area contributed by atoms with Gasteiger partial charge in [0.05, 0.1) is 5.25 Å². The summed E-state index contributed by atoms with van der Waals surface area (Å²) in [6.07, 6.45) is -0.400. The maximum Gasteiger partial charge on any atom is 0.323 e. The molecule has 3 rings (SSSR count). The first-order valence-corrected chi connectivity index (χ1v) is 10.4. The van der Waals surface area contributed by atoms with Crippen molar-refractivity contribution in [1.29, 1.82) is 0 Å². The molecule has 9 nitrogen and oxygen atoms in total. The lowest BCUT2D eigenvalue weighted by Crippen LogP contribution is -2.45.